The highest BCUT2D eigenvalue weighted by atomic mass is 32.1. The van der Waals surface area contributed by atoms with E-state index in [2.05, 4.69) is 10.1 Å². The number of nitrogens with zero attached hydrogens (tertiary/aromatic N) is 2. The van der Waals surface area contributed by atoms with Crippen molar-refractivity contribution in [2.75, 3.05) is 6.61 Å². The van der Waals surface area contributed by atoms with Crippen molar-refractivity contribution >= 4 is 17.3 Å². The van der Waals surface area contributed by atoms with Gasteiger partial charge in [-0.1, -0.05) is 25.1 Å². The maximum atomic E-state index is 12.3. The summed E-state index contributed by atoms with van der Waals surface area (Å²) < 4.78 is 10.5. The van der Waals surface area contributed by atoms with E-state index in [1.54, 1.807) is 6.92 Å². The second kappa shape index (κ2) is 6.17. The fourth-order valence-electron chi connectivity index (χ4n) is 2.12. The highest BCUT2D eigenvalue weighted by Crippen LogP contribution is 2.33. The van der Waals surface area contributed by atoms with Gasteiger partial charge in [-0.3, -0.25) is 4.79 Å². The maximum Gasteiger partial charge on any atom is 0.321 e. The first kappa shape index (κ1) is 14.7. The van der Waals surface area contributed by atoms with Crippen LogP contribution in [0.5, 0.6) is 0 Å². The third-order valence-electron chi connectivity index (χ3n) is 3.45. The Morgan fingerprint density at radius 1 is 1.40 bits per heavy atom. The average molecular weight is 294 g/mol. The summed E-state index contributed by atoms with van der Waals surface area (Å²) in [6, 6.07) is 3.84. The molecular weight excluding hydrogens is 276 g/mol. The molecule has 2 rings (SSSR count). The Labute approximate surface area is 122 Å². The minimum Gasteiger partial charge on any atom is -0.465 e. The Bertz CT molecular complexity index is 559. The van der Waals surface area contributed by atoms with Gasteiger partial charge in [0.2, 0.25) is 11.7 Å². The van der Waals surface area contributed by atoms with Gasteiger partial charge in [0.15, 0.2) is 0 Å². The van der Waals surface area contributed by atoms with E-state index in [-0.39, 0.29) is 5.97 Å². The lowest BCUT2D eigenvalue weighted by atomic mass is 9.82. The van der Waals surface area contributed by atoms with Gasteiger partial charge in [-0.25, -0.2) is 0 Å². The molecule has 0 saturated heterocycles. The number of rotatable bonds is 6. The average Bonchev–Trinajstić information content (AvgIpc) is 3.12. The molecule has 0 unspecified atom stereocenters. The molecule has 108 valence electrons. The number of hydrogen-bond acceptors (Lipinski definition) is 6. The molecule has 0 aliphatic heterocycles. The zero-order chi connectivity index (χ0) is 14.6. The van der Waals surface area contributed by atoms with Crippen LogP contribution in [-0.2, 0) is 14.9 Å². The lowest BCUT2D eigenvalue weighted by Gasteiger charge is -2.24. The van der Waals surface area contributed by atoms with Crippen LogP contribution in [0.3, 0.4) is 0 Å². The molecule has 0 amide bonds. The number of hydrogen-bond donors (Lipinski definition) is 0. The SMILES string of the molecule is CCOC(=O)C(CC)(CC)c1nc(-c2cccs2)no1. The zero-order valence-electron chi connectivity index (χ0n) is 11.9. The van der Waals surface area contributed by atoms with Crippen molar-refractivity contribution < 1.29 is 14.1 Å². The van der Waals surface area contributed by atoms with Gasteiger partial charge in [0.1, 0.15) is 5.41 Å². The molecule has 6 heteroatoms. The molecule has 2 aromatic heterocycles. The fraction of sp³-hybridized carbons (Fsp3) is 0.500. The van der Waals surface area contributed by atoms with Crippen molar-refractivity contribution in [3.8, 4) is 10.7 Å². The first-order valence-electron chi connectivity index (χ1n) is 6.73. The van der Waals surface area contributed by atoms with E-state index in [0.29, 0.717) is 31.2 Å². The quantitative estimate of drug-likeness (QED) is 0.764. The van der Waals surface area contributed by atoms with Crippen LogP contribution in [0.4, 0.5) is 0 Å². The largest absolute Gasteiger partial charge is 0.465 e. The Hall–Kier alpha value is -1.69. The van der Waals surface area contributed by atoms with Crippen LogP contribution in [0.25, 0.3) is 10.7 Å². The maximum absolute atomic E-state index is 12.3. The van der Waals surface area contributed by atoms with Crippen molar-refractivity contribution in [3.05, 3.63) is 23.4 Å². The first-order valence-corrected chi connectivity index (χ1v) is 7.61. The van der Waals surface area contributed by atoms with Crippen LogP contribution in [0.15, 0.2) is 22.0 Å². The van der Waals surface area contributed by atoms with E-state index in [1.807, 2.05) is 31.4 Å². The monoisotopic (exact) mass is 294 g/mol. The van der Waals surface area contributed by atoms with E-state index < -0.39 is 5.41 Å². The van der Waals surface area contributed by atoms with Crippen molar-refractivity contribution in [1.82, 2.24) is 10.1 Å². The van der Waals surface area contributed by atoms with Crippen molar-refractivity contribution in [2.45, 2.75) is 39.0 Å². The summed E-state index contributed by atoms with van der Waals surface area (Å²) in [5.74, 6) is 0.557. The molecule has 0 fully saturated rings. The van der Waals surface area contributed by atoms with Crippen LogP contribution in [0.2, 0.25) is 0 Å². The van der Waals surface area contributed by atoms with E-state index in [1.165, 1.54) is 11.3 Å². The van der Waals surface area contributed by atoms with E-state index >= 15 is 0 Å². The van der Waals surface area contributed by atoms with Crippen LogP contribution >= 0.6 is 11.3 Å². The van der Waals surface area contributed by atoms with E-state index in [4.69, 9.17) is 9.26 Å². The smallest absolute Gasteiger partial charge is 0.321 e. The summed E-state index contributed by atoms with van der Waals surface area (Å²) >= 11 is 1.53. The molecule has 0 spiro atoms. The lowest BCUT2D eigenvalue weighted by molar-refractivity contribution is -0.151. The molecular formula is C14H18N2O3S. The number of ether oxygens (including phenoxy) is 1. The summed E-state index contributed by atoms with van der Waals surface area (Å²) in [6.07, 6.45) is 1.13. The summed E-state index contributed by atoms with van der Waals surface area (Å²) in [7, 11) is 0. The second-order valence-corrected chi connectivity index (χ2v) is 5.36. The number of aromatic nitrogens is 2. The Balaban J connectivity index is 2.37. The number of carbonyl (C=O) groups is 1. The predicted molar refractivity (Wildman–Crippen MR) is 76.5 cm³/mol. The summed E-state index contributed by atoms with van der Waals surface area (Å²) in [4.78, 5) is 17.6. The minimum atomic E-state index is -0.849. The van der Waals surface area contributed by atoms with Crippen LogP contribution in [0, 0.1) is 0 Å². The van der Waals surface area contributed by atoms with Gasteiger partial charge in [0.05, 0.1) is 11.5 Å². The molecule has 0 N–H and O–H groups in total. The van der Waals surface area contributed by atoms with Gasteiger partial charge in [0.25, 0.3) is 0 Å². The van der Waals surface area contributed by atoms with Gasteiger partial charge < -0.3 is 9.26 Å². The summed E-state index contributed by atoms with van der Waals surface area (Å²) in [5.41, 5.74) is -0.849. The fourth-order valence-corrected chi connectivity index (χ4v) is 2.77. The molecule has 0 aliphatic rings. The highest BCUT2D eigenvalue weighted by Gasteiger charge is 2.44. The minimum absolute atomic E-state index is 0.300. The molecule has 0 radical (unpaired) electrons. The van der Waals surface area contributed by atoms with E-state index in [9.17, 15) is 4.79 Å². The molecule has 0 aliphatic carbocycles. The third kappa shape index (κ3) is 2.47. The van der Waals surface area contributed by atoms with Crippen molar-refractivity contribution in [1.29, 1.82) is 0 Å². The highest BCUT2D eigenvalue weighted by molar-refractivity contribution is 7.13. The normalized spacial score (nSPS) is 11.6. The zero-order valence-corrected chi connectivity index (χ0v) is 12.7. The molecule has 0 aromatic carbocycles. The van der Waals surface area contributed by atoms with Gasteiger partial charge in [-0.15, -0.1) is 11.3 Å². The summed E-state index contributed by atoms with van der Waals surface area (Å²) in [5, 5.41) is 5.93. The molecule has 0 atom stereocenters. The van der Waals surface area contributed by atoms with Gasteiger partial charge in [0, 0.05) is 0 Å². The second-order valence-electron chi connectivity index (χ2n) is 4.41. The van der Waals surface area contributed by atoms with Gasteiger partial charge >= 0.3 is 5.97 Å². The standard InChI is InChI=1S/C14H18N2O3S/c1-4-14(5-2,13(17)18-6-3)12-15-11(16-19-12)10-8-7-9-20-10/h7-9H,4-6H2,1-3H3. The molecule has 0 saturated carbocycles. The summed E-state index contributed by atoms with van der Waals surface area (Å²) in [6.45, 7) is 5.98. The molecule has 0 bridgehead atoms. The van der Waals surface area contributed by atoms with Crippen molar-refractivity contribution in [2.24, 2.45) is 0 Å². The number of esters is 1. The predicted octanol–water partition coefficient (Wildman–Crippen LogP) is 3.42. The van der Waals surface area contributed by atoms with Crippen LogP contribution < -0.4 is 0 Å². The molecule has 2 heterocycles. The molecule has 2 aromatic rings. The molecule has 5 nitrogen and oxygen atoms in total. The Kier molecular flexibility index (Phi) is 4.54. The number of carbonyl (C=O) groups excluding carboxylic acids is 1. The first-order chi connectivity index (χ1) is 9.67. The van der Waals surface area contributed by atoms with Crippen LogP contribution in [0.1, 0.15) is 39.5 Å². The molecule has 20 heavy (non-hydrogen) atoms. The van der Waals surface area contributed by atoms with E-state index in [0.717, 1.165) is 4.88 Å². The third-order valence-corrected chi connectivity index (χ3v) is 4.32. The van der Waals surface area contributed by atoms with Crippen LogP contribution in [-0.4, -0.2) is 22.7 Å². The Morgan fingerprint density at radius 2 is 2.15 bits per heavy atom. The van der Waals surface area contributed by atoms with Gasteiger partial charge in [-0.05, 0) is 31.2 Å². The topological polar surface area (TPSA) is 65.2 Å². The number of thiophene rings is 1. The Morgan fingerprint density at radius 3 is 2.70 bits per heavy atom. The van der Waals surface area contributed by atoms with Crippen molar-refractivity contribution in [3.63, 3.8) is 0 Å². The van der Waals surface area contributed by atoms with Gasteiger partial charge in [-0.2, -0.15) is 4.98 Å². The lowest BCUT2D eigenvalue weighted by Crippen LogP contribution is -2.36.